The number of sulfone groups is 1. The quantitative estimate of drug-likeness (QED) is 0.481. The lowest BCUT2D eigenvalue weighted by Gasteiger charge is -2.29. The second-order valence-corrected chi connectivity index (χ2v) is 12.8. The van der Waals surface area contributed by atoms with Crippen LogP contribution in [0.1, 0.15) is 29.2 Å². The summed E-state index contributed by atoms with van der Waals surface area (Å²) in [6, 6.07) is 19.5. The van der Waals surface area contributed by atoms with Gasteiger partial charge in [0.2, 0.25) is 0 Å². The van der Waals surface area contributed by atoms with Gasteiger partial charge in [0, 0.05) is 30.2 Å². The Balaban J connectivity index is 0.000000243. The molecule has 2 atom stereocenters. The van der Waals surface area contributed by atoms with Gasteiger partial charge in [0.15, 0.2) is 9.84 Å². The highest BCUT2D eigenvalue weighted by molar-refractivity contribution is 7.92. The highest BCUT2D eigenvalue weighted by Crippen LogP contribution is 2.39. The van der Waals surface area contributed by atoms with Gasteiger partial charge in [-0.2, -0.15) is 0 Å². The molecule has 35 heavy (non-hydrogen) atoms. The van der Waals surface area contributed by atoms with E-state index in [1.54, 1.807) is 48.5 Å². The molecule has 0 radical (unpaired) electrons. The molecule has 1 saturated heterocycles. The molecule has 2 aliphatic rings. The summed E-state index contributed by atoms with van der Waals surface area (Å²) < 4.78 is 50.0. The first-order valence-corrected chi connectivity index (χ1v) is 14.9. The van der Waals surface area contributed by atoms with E-state index in [4.69, 9.17) is 0 Å². The van der Waals surface area contributed by atoms with Crippen molar-refractivity contribution in [3.63, 3.8) is 0 Å². The normalized spacial score (nSPS) is 18.9. The summed E-state index contributed by atoms with van der Waals surface area (Å²) in [5, 5.41) is 6.92. The molecule has 5 rings (SSSR count). The van der Waals surface area contributed by atoms with Crippen molar-refractivity contribution in [1.29, 1.82) is 0 Å². The van der Waals surface area contributed by atoms with Crippen molar-refractivity contribution in [1.82, 2.24) is 5.32 Å². The summed E-state index contributed by atoms with van der Waals surface area (Å²) in [4.78, 5) is 0.677. The summed E-state index contributed by atoms with van der Waals surface area (Å²) in [7, 11) is -6.61. The Bertz CT molecular complexity index is 1420. The minimum absolute atomic E-state index is 0.244. The lowest BCUT2D eigenvalue weighted by molar-refractivity contribution is 0.469. The predicted octanol–water partition coefficient (Wildman–Crippen LogP) is 4.27. The van der Waals surface area contributed by atoms with Crippen molar-refractivity contribution in [2.24, 2.45) is 5.92 Å². The maximum absolute atomic E-state index is 12.8. The van der Waals surface area contributed by atoms with E-state index >= 15 is 0 Å². The van der Waals surface area contributed by atoms with E-state index in [-0.39, 0.29) is 6.04 Å². The number of anilines is 2. The summed E-state index contributed by atoms with van der Waals surface area (Å²) >= 11 is 0. The van der Waals surface area contributed by atoms with Gasteiger partial charge in [0.25, 0.3) is 10.0 Å². The molecule has 0 amide bonds. The summed E-state index contributed by atoms with van der Waals surface area (Å²) in [5.41, 5.74) is 4.88. The molecule has 7 nitrogen and oxygen atoms in total. The smallest absolute Gasteiger partial charge is 0.261 e. The summed E-state index contributed by atoms with van der Waals surface area (Å²) in [6.45, 7) is 5.91. The van der Waals surface area contributed by atoms with Crippen molar-refractivity contribution in [3.05, 3.63) is 83.4 Å². The minimum atomic E-state index is -3.61. The number of benzene rings is 3. The lowest BCUT2D eigenvalue weighted by Crippen LogP contribution is -2.29. The van der Waals surface area contributed by atoms with E-state index < -0.39 is 19.9 Å². The van der Waals surface area contributed by atoms with E-state index in [1.165, 1.54) is 6.26 Å². The number of aryl methyl sites for hydroxylation is 2. The fraction of sp³-hybridized carbons (Fsp3) is 0.308. The highest BCUT2D eigenvalue weighted by Gasteiger charge is 2.34. The largest absolute Gasteiger partial charge is 0.384 e. The molecule has 3 aromatic rings. The van der Waals surface area contributed by atoms with E-state index in [0.717, 1.165) is 41.9 Å². The number of rotatable bonds is 4. The molecule has 3 aromatic carbocycles. The van der Waals surface area contributed by atoms with Gasteiger partial charge in [0.05, 0.1) is 9.79 Å². The first-order valence-electron chi connectivity index (χ1n) is 11.5. The van der Waals surface area contributed by atoms with Crippen LogP contribution in [-0.4, -0.2) is 36.2 Å². The molecular formula is C26H31N3O4S2. The monoisotopic (exact) mass is 513 g/mol. The van der Waals surface area contributed by atoms with Gasteiger partial charge >= 0.3 is 0 Å². The molecular weight excluding hydrogens is 482 g/mol. The van der Waals surface area contributed by atoms with E-state index in [1.807, 2.05) is 32.0 Å². The maximum Gasteiger partial charge on any atom is 0.261 e. The van der Waals surface area contributed by atoms with Crippen LogP contribution in [-0.2, 0) is 19.9 Å². The van der Waals surface area contributed by atoms with Gasteiger partial charge in [-0.1, -0.05) is 24.3 Å². The summed E-state index contributed by atoms with van der Waals surface area (Å²) in [5.74, 6) is 0.526. The van der Waals surface area contributed by atoms with Gasteiger partial charge in [-0.05, 0) is 91.9 Å². The van der Waals surface area contributed by atoms with E-state index in [9.17, 15) is 16.8 Å². The van der Waals surface area contributed by atoms with Crippen LogP contribution in [0.15, 0.2) is 76.5 Å². The Hall–Kier alpha value is -2.88. The van der Waals surface area contributed by atoms with Crippen molar-refractivity contribution in [2.75, 3.05) is 29.4 Å². The average Bonchev–Trinajstić information content (AvgIpc) is 3.31. The Morgan fingerprint density at radius 1 is 0.857 bits per heavy atom. The molecule has 1 unspecified atom stereocenters. The molecule has 3 N–H and O–H groups in total. The van der Waals surface area contributed by atoms with Gasteiger partial charge in [-0.15, -0.1) is 0 Å². The van der Waals surface area contributed by atoms with Crippen LogP contribution in [0, 0.1) is 19.8 Å². The molecule has 9 heteroatoms. The standard InChI is InChI=1S/C19H23N3O2S.C7H8O2S/c1-12-3-4-15(9-13(12)2)22-25(23,24)16-5-6-18-17(10-16)19-14(11-21-18)7-8-20-19;1-10(8,9)7-5-3-2-4-6-7/h3-6,9-10,14,19-22H,7-8,11H2,1-2H3;2-6H,1H3/t14?,19-;/m0./s1. The maximum atomic E-state index is 12.8. The highest BCUT2D eigenvalue weighted by atomic mass is 32.2. The number of nitrogens with one attached hydrogen (secondary N) is 3. The first kappa shape index (κ1) is 25.2. The van der Waals surface area contributed by atoms with Crippen LogP contribution < -0.4 is 15.4 Å². The number of fused-ring (bicyclic) bond motifs is 3. The van der Waals surface area contributed by atoms with E-state index in [0.29, 0.717) is 21.4 Å². The number of hydrogen-bond donors (Lipinski definition) is 3. The van der Waals surface area contributed by atoms with Gasteiger partial charge in [-0.25, -0.2) is 16.8 Å². The van der Waals surface area contributed by atoms with E-state index in [2.05, 4.69) is 15.4 Å². The van der Waals surface area contributed by atoms with Gasteiger partial charge in [0.1, 0.15) is 0 Å². The van der Waals surface area contributed by atoms with Gasteiger partial charge in [-0.3, -0.25) is 4.72 Å². The zero-order valence-electron chi connectivity index (χ0n) is 20.1. The Labute approximate surface area is 207 Å². The van der Waals surface area contributed by atoms with Crippen LogP contribution in [0.25, 0.3) is 0 Å². The summed E-state index contributed by atoms with van der Waals surface area (Å²) in [6.07, 6.45) is 2.32. The third-order valence-corrected chi connectivity index (χ3v) is 9.01. The average molecular weight is 514 g/mol. The lowest BCUT2D eigenvalue weighted by atomic mass is 9.89. The van der Waals surface area contributed by atoms with Crippen molar-refractivity contribution >= 4 is 31.2 Å². The van der Waals surface area contributed by atoms with Crippen molar-refractivity contribution in [3.8, 4) is 0 Å². The molecule has 0 saturated carbocycles. The molecule has 0 aliphatic carbocycles. The van der Waals surface area contributed by atoms with Crippen LogP contribution in [0.3, 0.4) is 0 Å². The molecule has 1 fully saturated rings. The zero-order chi connectivity index (χ0) is 25.2. The first-order chi connectivity index (χ1) is 16.5. The fourth-order valence-corrected chi connectivity index (χ4v) is 6.13. The fourth-order valence-electron chi connectivity index (χ4n) is 4.40. The van der Waals surface area contributed by atoms with Crippen LogP contribution >= 0.6 is 0 Å². The molecule has 186 valence electrons. The Morgan fingerprint density at radius 3 is 2.26 bits per heavy atom. The number of hydrogen-bond acceptors (Lipinski definition) is 6. The Morgan fingerprint density at radius 2 is 1.60 bits per heavy atom. The molecule has 0 aromatic heterocycles. The second kappa shape index (κ2) is 10.0. The third kappa shape index (κ3) is 5.86. The third-order valence-electron chi connectivity index (χ3n) is 6.50. The van der Waals surface area contributed by atoms with Crippen LogP contribution in [0.5, 0.6) is 0 Å². The molecule has 0 spiro atoms. The number of sulfonamides is 1. The minimum Gasteiger partial charge on any atom is -0.384 e. The molecule has 0 bridgehead atoms. The second-order valence-electron chi connectivity index (χ2n) is 9.10. The topological polar surface area (TPSA) is 104 Å². The van der Waals surface area contributed by atoms with Crippen molar-refractivity contribution in [2.45, 2.75) is 36.1 Å². The van der Waals surface area contributed by atoms with Gasteiger partial charge < -0.3 is 10.6 Å². The molecule has 2 aliphatic heterocycles. The Kier molecular flexibility index (Phi) is 7.21. The van der Waals surface area contributed by atoms with Crippen LogP contribution in [0.4, 0.5) is 11.4 Å². The zero-order valence-corrected chi connectivity index (χ0v) is 21.7. The molecule has 2 heterocycles. The SMILES string of the molecule is CS(=O)(=O)c1ccccc1.Cc1ccc(NS(=O)(=O)c2ccc3c(c2)[C@H]2NCCC2CN3)cc1C. The predicted molar refractivity (Wildman–Crippen MR) is 140 cm³/mol. The van der Waals surface area contributed by atoms with Crippen LogP contribution in [0.2, 0.25) is 0 Å². The van der Waals surface area contributed by atoms with Crippen molar-refractivity contribution < 1.29 is 16.8 Å².